The summed E-state index contributed by atoms with van der Waals surface area (Å²) in [7, 11) is 0.798. The van der Waals surface area contributed by atoms with E-state index in [1.807, 2.05) is 0 Å². The molecular formula is C14H30O3Si. The van der Waals surface area contributed by atoms with Gasteiger partial charge in [0.1, 0.15) is 5.38 Å². The van der Waals surface area contributed by atoms with Crippen molar-refractivity contribution in [3.63, 3.8) is 0 Å². The first-order valence-corrected chi connectivity index (χ1v) is 8.15. The Morgan fingerprint density at radius 1 is 0.778 bits per heavy atom. The Balaban J connectivity index is 4.74. The van der Waals surface area contributed by atoms with Gasteiger partial charge in [-0.1, -0.05) is 20.8 Å². The van der Waals surface area contributed by atoms with Crippen molar-refractivity contribution >= 4 is 10.2 Å². The molecule has 0 amide bonds. The molecule has 3 unspecified atom stereocenters. The van der Waals surface area contributed by atoms with E-state index in [4.69, 9.17) is 14.2 Å². The van der Waals surface area contributed by atoms with Crippen molar-refractivity contribution in [3.8, 4) is 0 Å². The van der Waals surface area contributed by atoms with Crippen LogP contribution in [-0.2, 0) is 14.2 Å². The van der Waals surface area contributed by atoms with Crippen LogP contribution in [0, 0.1) is 0 Å². The molecule has 3 nitrogen and oxygen atoms in total. The van der Waals surface area contributed by atoms with E-state index in [-0.39, 0.29) is 18.3 Å². The summed E-state index contributed by atoms with van der Waals surface area (Å²) in [5, 5.41) is 0.880. The highest BCUT2D eigenvalue weighted by molar-refractivity contribution is 6.20. The Labute approximate surface area is 115 Å². The van der Waals surface area contributed by atoms with Crippen molar-refractivity contribution in [3.05, 3.63) is 11.3 Å². The summed E-state index contributed by atoms with van der Waals surface area (Å²) in [5.41, 5.74) is 0. The first kappa shape index (κ1) is 17.4. The molecule has 0 spiro atoms. The molecule has 0 bridgehead atoms. The monoisotopic (exact) mass is 274 g/mol. The maximum Gasteiger partial charge on any atom is 0.312 e. The highest BCUT2D eigenvalue weighted by Gasteiger charge is 2.15. The standard InChI is InChI=1S/C14H30O3Si/c1-7-10(4)15-13(16-11(5)8-2)14(18)17-12(6)9-3/h10-12H,7-9H2,1-6,18H3. The third-order valence-corrected chi connectivity index (χ3v) is 3.65. The number of hydrogen-bond donors (Lipinski definition) is 0. The van der Waals surface area contributed by atoms with Crippen LogP contribution in [0.15, 0.2) is 11.3 Å². The van der Waals surface area contributed by atoms with Crippen molar-refractivity contribution in [1.29, 1.82) is 0 Å². The van der Waals surface area contributed by atoms with Gasteiger partial charge in [0.25, 0.3) is 0 Å². The number of hydrogen-bond acceptors (Lipinski definition) is 3. The lowest BCUT2D eigenvalue weighted by molar-refractivity contribution is -0.0453. The smallest absolute Gasteiger partial charge is 0.312 e. The first-order valence-electron chi connectivity index (χ1n) is 7.15. The summed E-state index contributed by atoms with van der Waals surface area (Å²) in [4.78, 5) is 0. The zero-order valence-corrected chi connectivity index (χ0v) is 15.1. The summed E-state index contributed by atoms with van der Waals surface area (Å²) >= 11 is 0. The van der Waals surface area contributed by atoms with Gasteiger partial charge < -0.3 is 14.2 Å². The van der Waals surface area contributed by atoms with Crippen LogP contribution in [0.1, 0.15) is 60.8 Å². The van der Waals surface area contributed by atoms with Gasteiger partial charge in [0.15, 0.2) is 0 Å². The minimum absolute atomic E-state index is 0.161. The molecule has 0 heterocycles. The SMILES string of the molecule is CCC(C)OC([SiH3])=C(OC(C)CC)OC(C)CC. The second-order valence-electron chi connectivity index (χ2n) is 4.85. The molecule has 0 aromatic heterocycles. The minimum atomic E-state index is 0.161. The van der Waals surface area contributed by atoms with Crippen molar-refractivity contribution in [2.24, 2.45) is 0 Å². The predicted molar refractivity (Wildman–Crippen MR) is 79.5 cm³/mol. The van der Waals surface area contributed by atoms with Crippen molar-refractivity contribution in [1.82, 2.24) is 0 Å². The summed E-state index contributed by atoms with van der Waals surface area (Å²) < 4.78 is 17.5. The molecule has 108 valence electrons. The second-order valence-corrected chi connectivity index (χ2v) is 5.76. The van der Waals surface area contributed by atoms with Crippen molar-refractivity contribution in [2.45, 2.75) is 79.1 Å². The quantitative estimate of drug-likeness (QED) is 0.478. The zero-order chi connectivity index (χ0) is 14.1. The van der Waals surface area contributed by atoms with Crippen LogP contribution in [0.2, 0.25) is 0 Å². The Kier molecular flexibility index (Phi) is 8.98. The molecule has 0 rings (SSSR count). The van der Waals surface area contributed by atoms with E-state index in [0.717, 1.165) is 34.9 Å². The fourth-order valence-electron chi connectivity index (χ4n) is 1.16. The van der Waals surface area contributed by atoms with Gasteiger partial charge in [0.2, 0.25) is 0 Å². The van der Waals surface area contributed by atoms with Crippen LogP contribution < -0.4 is 0 Å². The van der Waals surface area contributed by atoms with Gasteiger partial charge >= 0.3 is 5.95 Å². The maximum atomic E-state index is 5.85. The van der Waals surface area contributed by atoms with Gasteiger partial charge in [-0.3, -0.25) is 0 Å². The highest BCUT2D eigenvalue weighted by atomic mass is 28.1. The van der Waals surface area contributed by atoms with Gasteiger partial charge in [-0.05, 0) is 40.0 Å². The summed E-state index contributed by atoms with van der Waals surface area (Å²) in [5.74, 6) is 0.602. The molecule has 0 radical (unpaired) electrons. The molecular weight excluding hydrogens is 244 g/mol. The van der Waals surface area contributed by atoms with Gasteiger partial charge in [0.05, 0.1) is 28.6 Å². The Morgan fingerprint density at radius 2 is 1.11 bits per heavy atom. The van der Waals surface area contributed by atoms with Crippen LogP contribution in [0.5, 0.6) is 0 Å². The van der Waals surface area contributed by atoms with E-state index in [9.17, 15) is 0 Å². The largest absolute Gasteiger partial charge is 0.494 e. The van der Waals surface area contributed by atoms with Crippen LogP contribution in [0.3, 0.4) is 0 Å². The van der Waals surface area contributed by atoms with Gasteiger partial charge in [-0.25, -0.2) is 0 Å². The number of ether oxygens (including phenoxy) is 3. The Bertz CT molecular complexity index is 239. The lowest BCUT2D eigenvalue weighted by atomic mass is 10.3. The van der Waals surface area contributed by atoms with Crippen LogP contribution in [-0.4, -0.2) is 28.6 Å². The Morgan fingerprint density at radius 3 is 1.44 bits per heavy atom. The van der Waals surface area contributed by atoms with E-state index in [1.54, 1.807) is 0 Å². The third-order valence-electron chi connectivity index (χ3n) is 3.01. The average molecular weight is 274 g/mol. The Hall–Kier alpha value is -0.643. The normalized spacial score (nSPS) is 15.7. The van der Waals surface area contributed by atoms with Gasteiger partial charge in [0, 0.05) is 0 Å². The third kappa shape index (κ3) is 6.94. The molecule has 0 aliphatic rings. The van der Waals surface area contributed by atoms with E-state index >= 15 is 0 Å². The fourth-order valence-corrected chi connectivity index (χ4v) is 1.80. The molecule has 18 heavy (non-hydrogen) atoms. The molecule has 0 aromatic carbocycles. The summed E-state index contributed by atoms with van der Waals surface area (Å²) in [6.45, 7) is 12.5. The summed E-state index contributed by atoms with van der Waals surface area (Å²) in [6.07, 6.45) is 3.46. The van der Waals surface area contributed by atoms with E-state index in [0.29, 0.717) is 5.95 Å². The van der Waals surface area contributed by atoms with Crippen LogP contribution in [0.4, 0.5) is 0 Å². The van der Waals surface area contributed by atoms with E-state index in [2.05, 4.69) is 41.5 Å². The second kappa shape index (κ2) is 9.31. The minimum Gasteiger partial charge on any atom is -0.494 e. The van der Waals surface area contributed by atoms with Crippen molar-refractivity contribution in [2.75, 3.05) is 0 Å². The average Bonchev–Trinajstić information content (AvgIpc) is 2.36. The molecule has 0 saturated heterocycles. The molecule has 0 fully saturated rings. The fraction of sp³-hybridized carbons (Fsp3) is 0.857. The first-order chi connectivity index (χ1) is 8.44. The van der Waals surface area contributed by atoms with E-state index < -0.39 is 0 Å². The highest BCUT2D eigenvalue weighted by Crippen LogP contribution is 2.17. The lowest BCUT2D eigenvalue weighted by Crippen LogP contribution is -2.18. The van der Waals surface area contributed by atoms with Gasteiger partial charge in [-0.2, -0.15) is 0 Å². The van der Waals surface area contributed by atoms with E-state index in [1.165, 1.54) is 0 Å². The topological polar surface area (TPSA) is 27.7 Å². The number of rotatable bonds is 9. The molecule has 4 heteroatoms. The van der Waals surface area contributed by atoms with Gasteiger partial charge in [-0.15, -0.1) is 0 Å². The molecule has 0 saturated carbocycles. The zero-order valence-electron chi connectivity index (χ0n) is 13.1. The molecule has 3 atom stereocenters. The molecule has 0 aliphatic carbocycles. The van der Waals surface area contributed by atoms with Crippen LogP contribution >= 0.6 is 0 Å². The molecule has 0 aromatic rings. The maximum absolute atomic E-state index is 5.85. The predicted octanol–water partition coefficient (Wildman–Crippen LogP) is 2.92. The van der Waals surface area contributed by atoms with Crippen LogP contribution in [0.25, 0.3) is 0 Å². The molecule has 0 N–H and O–H groups in total. The lowest BCUT2D eigenvalue weighted by Gasteiger charge is -2.23. The molecule has 0 aliphatic heterocycles. The van der Waals surface area contributed by atoms with Crippen molar-refractivity contribution < 1.29 is 14.2 Å². The summed E-state index contributed by atoms with van der Waals surface area (Å²) in [6, 6.07) is 0.